The molecule has 0 unspecified atom stereocenters. The summed E-state index contributed by atoms with van der Waals surface area (Å²) < 4.78 is 24.0. The van der Waals surface area contributed by atoms with Crippen molar-refractivity contribution >= 4 is 17.5 Å². The summed E-state index contributed by atoms with van der Waals surface area (Å²) in [5.74, 6) is 0.934. The third-order valence-corrected chi connectivity index (χ3v) is 5.84. The number of halogens is 1. The van der Waals surface area contributed by atoms with E-state index in [0.717, 1.165) is 0 Å². The van der Waals surface area contributed by atoms with Crippen molar-refractivity contribution in [3.63, 3.8) is 0 Å². The fourth-order valence-electron chi connectivity index (χ4n) is 4.06. The number of hydrogen-bond donors (Lipinski definition) is 0. The Morgan fingerprint density at radius 1 is 1.09 bits per heavy atom. The number of nitrogens with zero attached hydrogens (tertiary/aromatic N) is 4. The summed E-state index contributed by atoms with van der Waals surface area (Å²) in [6, 6.07) is 13.1. The number of anilines is 1. The molecule has 3 heterocycles. The number of likely N-dealkylation sites (tertiary alicyclic amines) is 1. The standard InChI is InChI=1S/C23H21FN4O4/c24-17-7-5-15(6-8-17)22-25-23(32-26-22)16-9-11-27(12-10-16)20(29)13-28-18-3-1-2-4-19(18)31-14-21(28)30/h1-8,16H,9-14H2. The Labute approximate surface area is 183 Å². The van der Waals surface area contributed by atoms with E-state index >= 15 is 0 Å². The zero-order chi connectivity index (χ0) is 22.1. The van der Waals surface area contributed by atoms with Crippen molar-refractivity contribution in [2.75, 3.05) is 31.1 Å². The highest BCUT2D eigenvalue weighted by Gasteiger charge is 2.31. The lowest BCUT2D eigenvalue weighted by molar-refractivity contribution is -0.133. The predicted molar refractivity (Wildman–Crippen MR) is 113 cm³/mol. The first kappa shape index (κ1) is 20.2. The molecule has 32 heavy (non-hydrogen) atoms. The second-order valence-corrected chi connectivity index (χ2v) is 7.85. The van der Waals surface area contributed by atoms with Gasteiger partial charge in [0.25, 0.3) is 5.91 Å². The van der Waals surface area contributed by atoms with Crippen LogP contribution in [0.2, 0.25) is 0 Å². The van der Waals surface area contributed by atoms with E-state index in [4.69, 9.17) is 9.26 Å². The third kappa shape index (κ3) is 3.93. The molecule has 0 aliphatic carbocycles. The number of piperidine rings is 1. The molecule has 2 amide bonds. The SMILES string of the molecule is O=C(CN1C(=O)COc2ccccc21)N1CCC(c2nc(-c3ccc(F)cc3)no2)CC1. The third-order valence-electron chi connectivity index (χ3n) is 5.84. The molecule has 2 aliphatic rings. The molecule has 2 aliphatic heterocycles. The smallest absolute Gasteiger partial charge is 0.265 e. The number of hydrogen-bond acceptors (Lipinski definition) is 6. The Morgan fingerprint density at radius 2 is 1.84 bits per heavy atom. The van der Waals surface area contributed by atoms with Gasteiger partial charge in [-0.15, -0.1) is 0 Å². The molecule has 1 aromatic heterocycles. The van der Waals surface area contributed by atoms with Crippen molar-refractivity contribution < 1.29 is 23.2 Å². The molecule has 5 rings (SSSR count). The summed E-state index contributed by atoms with van der Waals surface area (Å²) in [6.45, 7) is 0.995. The Morgan fingerprint density at radius 3 is 2.62 bits per heavy atom. The highest BCUT2D eigenvalue weighted by atomic mass is 19.1. The number of rotatable bonds is 4. The minimum Gasteiger partial charge on any atom is -0.482 e. The van der Waals surface area contributed by atoms with Crippen LogP contribution in [0.15, 0.2) is 53.1 Å². The topological polar surface area (TPSA) is 88.8 Å². The van der Waals surface area contributed by atoms with Gasteiger partial charge in [0, 0.05) is 24.6 Å². The van der Waals surface area contributed by atoms with E-state index < -0.39 is 0 Å². The van der Waals surface area contributed by atoms with Gasteiger partial charge >= 0.3 is 0 Å². The van der Waals surface area contributed by atoms with Crippen LogP contribution >= 0.6 is 0 Å². The van der Waals surface area contributed by atoms with E-state index in [1.54, 1.807) is 29.2 Å². The monoisotopic (exact) mass is 436 g/mol. The molecule has 9 heteroatoms. The first-order valence-corrected chi connectivity index (χ1v) is 10.5. The number of para-hydroxylation sites is 2. The molecule has 0 saturated carbocycles. The zero-order valence-electron chi connectivity index (χ0n) is 17.2. The van der Waals surface area contributed by atoms with Gasteiger partial charge in [-0.1, -0.05) is 17.3 Å². The van der Waals surface area contributed by atoms with E-state index in [2.05, 4.69) is 10.1 Å². The molecule has 3 aromatic rings. The van der Waals surface area contributed by atoms with Gasteiger partial charge in [-0.3, -0.25) is 14.5 Å². The number of fused-ring (bicyclic) bond motifs is 1. The highest BCUT2D eigenvalue weighted by Crippen LogP contribution is 2.32. The fourth-order valence-corrected chi connectivity index (χ4v) is 4.06. The normalized spacial score (nSPS) is 16.6. The number of aromatic nitrogens is 2. The maximum Gasteiger partial charge on any atom is 0.265 e. The minimum atomic E-state index is -0.322. The molecule has 164 valence electrons. The molecule has 0 N–H and O–H groups in total. The summed E-state index contributed by atoms with van der Waals surface area (Å²) in [7, 11) is 0. The molecular formula is C23H21FN4O4. The summed E-state index contributed by atoms with van der Waals surface area (Å²) in [4.78, 5) is 32.9. The molecule has 8 nitrogen and oxygen atoms in total. The second kappa shape index (κ2) is 8.41. The van der Waals surface area contributed by atoms with Crippen LogP contribution in [-0.2, 0) is 9.59 Å². The Hall–Kier alpha value is -3.75. The van der Waals surface area contributed by atoms with E-state index in [0.29, 0.717) is 54.6 Å². The minimum absolute atomic E-state index is 0.0147. The molecule has 1 fully saturated rings. The highest BCUT2D eigenvalue weighted by molar-refractivity contribution is 6.02. The molecule has 1 saturated heterocycles. The van der Waals surface area contributed by atoms with Crippen molar-refractivity contribution in [3.05, 3.63) is 60.2 Å². The molecule has 2 aromatic carbocycles. The van der Waals surface area contributed by atoms with Gasteiger partial charge in [-0.05, 0) is 49.2 Å². The van der Waals surface area contributed by atoms with Gasteiger partial charge in [-0.25, -0.2) is 4.39 Å². The fraction of sp³-hybridized carbons (Fsp3) is 0.304. The van der Waals surface area contributed by atoms with E-state index in [9.17, 15) is 14.0 Å². The van der Waals surface area contributed by atoms with Crippen LogP contribution in [0, 0.1) is 5.82 Å². The van der Waals surface area contributed by atoms with Crippen molar-refractivity contribution in [3.8, 4) is 17.1 Å². The lowest BCUT2D eigenvalue weighted by Gasteiger charge is -2.34. The van der Waals surface area contributed by atoms with Gasteiger partial charge in [0.2, 0.25) is 17.6 Å². The van der Waals surface area contributed by atoms with Crippen LogP contribution in [0.4, 0.5) is 10.1 Å². The summed E-state index contributed by atoms with van der Waals surface area (Å²) in [6.07, 6.45) is 1.37. The maximum atomic E-state index is 13.1. The average Bonchev–Trinajstić information content (AvgIpc) is 3.32. The van der Waals surface area contributed by atoms with Gasteiger partial charge in [0.05, 0.1) is 5.69 Å². The van der Waals surface area contributed by atoms with Crippen LogP contribution in [-0.4, -0.2) is 53.1 Å². The van der Waals surface area contributed by atoms with Crippen LogP contribution in [0.3, 0.4) is 0 Å². The van der Waals surface area contributed by atoms with Crippen molar-refractivity contribution in [2.45, 2.75) is 18.8 Å². The van der Waals surface area contributed by atoms with E-state index in [1.807, 2.05) is 12.1 Å². The molecule has 0 radical (unpaired) electrons. The molecular weight excluding hydrogens is 415 g/mol. The second-order valence-electron chi connectivity index (χ2n) is 7.85. The Balaban J connectivity index is 1.20. The number of amides is 2. The van der Waals surface area contributed by atoms with Crippen molar-refractivity contribution in [1.29, 1.82) is 0 Å². The van der Waals surface area contributed by atoms with Crippen LogP contribution in [0.25, 0.3) is 11.4 Å². The van der Waals surface area contributed by atoms with E-state index in [1.165, 1.54) is 17.0 Å². The summed E-state index contributed by atoms with van der Waals surface area (Å²) in [5, 5.41) is 4.01. The Kier molecular flexibility index (Phi) is 5.30. The summed E-state index contributed by atoms with van der Waals surface area (Å²) >= 11 is 0. The molecule has 0 bridgehead atoms. The maximum absolute atomic E-state index is 13.1. The first-order chi connectivity index (χ1) is 15.6. The lowest BCUT2D eigenvalue weighted by atomic mass is 9.96. The van der Waals surface area contributed by atoms with Gasteiger partial charge in [0.1, 0.15) is 18.1 Å². The van der Waals surface area contributed by atoms with Crippen molar-refractivity contribution in [1.82, 2.24) is 15.0 Å². The number of benzene rings is 2. The van der Waals surface area contributed by atoms with Crippen LogP contribution in [0.1, 0.15) is 24.7 Å². The number of carbonyl (C=O) groups is 2. The lowest BCUT2D eigenvalue weighted by Crippen LogP contribution is -2.48. The van der Waals surface area contributed by atoms with E-state index in [-0.39, 0.29) is 36.7 Å². The first-order valence-electron chi connectivity index (χ1n) is 10.5. The Bertz CT molecular complexity index is 1140. The number of ether oxygens (including phenoxy) is 1. The summed E-state index contributed by atoms with van der Waals surface area (Å²) in [5.41, 5.74) is 1.30. The molecule has 0 atom stereocenters. The van der Waals surface area contributed by atoms with Crippen LogP contribution < -0.4 is 9.64 Å². The quantitative estimate of drug-likeness (QED) is 0.625. The predicted octanol–water partition coefficient (Wildman–Crippen LogP) is 3.01. The van der Waals surface area contributed by atoms with Crippen molar-refractivity contribution in [2.24, 2.45) is 0 Å². The van der Waals surface area contributed by atoms with Gasteiger partial charge in [0.15, 0.2) is 6.61 Å². The largest absolute Gasteiger partial charge is 0.482 e. The van der Waals surface area contributed by atoms with Gasteiger partial charge < -0.3 is 14.2 Å². The zero-order valence-corrected chi connectivity index (χ0v) is 17.2. The number of carbonyl (C=O) groups excluding carboxylic acids is 2. The average molecular weight is 436 g/mol. The van der Waals surface area contributed by atoms with Gasteiger partial charge in [-0.2, -0.15) is 4.98 Å². The van der Waals surface area contributed by atoms with Crippen LogP contribution in [0.5, 0.6) is 5.75 Å². The molecule has 0 spiro atoms.